The molecule has 0 unspecified atom stereocenters. The van der Waals surface area contributed by atoms with Gasteiger partial charge in [-0.2, -0.15) is 0 Å². The van der Waals surface area contributed by atoms with Gasteiger partial charge >= 0.3 is 0 Å². The predicted octanol–water partition coefficient (Wildman–Crippen LogP) is 8.19. The summed E-state index contributed by atoms with van der Waals surface area (Å²) in [6.45, 7) is 8.75. The number of hydrogen-bond donors (Lipinski definition) is 0. The molecule has 0 spiro atoms. The molecule has 2 aromatic rings. The highest BCUT2D eigenvalue weighted by molar-refractivity contribution is 9.10. The summed E-state index contributed by atoms with van der Waals surface area (Å²) in [6, 6.07) is 13.5. The van der Waals surface area contributed by atoms with Crippen molar-refractivity contribution in [2.75, 3.05) is 0 Å². The van der Waals surface area contributed by atoms with Crippen molar-refractivity contribution in [3.63, 3.8) is 0 Å². The summed E-state index contributed by atoms with van der Waals surface area (Å²) in [5, 5.41) is 0. The molecule has 0 saturated carbocycles. The highest BCUT2D eigenvalue weighted by Crippen LogP contribution is 2.54. The molecule has 2 aromatic carbocycles. The lowest BCUT2D eigenvalue weighted by molar-refractivity contribution is 0.539. The average Bonchev–Trinajstić information content (AvgIpc) is 2.80. The number of fused-ring (bicyclic) bond motifs is 3. The summed E-state index contributed by atoms with van der Waals surface area (Å²) < 4.78 is 2.30. The first-order valence-corrected chi connectivity index (χ1v) is 10.3. The fourth-order valence-corrected chi connectivity index (χ4v) is 4.44. The fourth-order valence-electron chi connectivity index (χ4n) is 3.72. The van der Waals surface area contributed by atoms with E-state index in [0.29, 0.717) is 0 Å². The van der Waals surface area contributed by atoms with Crippen LogP contribution in [0, 0.1) is 0 Å². The third kappa shape index (κ3) is 3.57. The number of rotatable bonds is 4. The van der Waals surface area contributed by atoms with Gasteiger partial charge in [0.15, 0.2) is 0 Å². The molecule has 0 aromatic heterocycles. The Labute approximate surface area is 168 Å². The van der Waals surface area contributed by atoms with E-state index in [1.54, 1.807) is 0 Å². The van der Waals surface area contributed by atoms with Crippen LogP contribution in [0.1, 0.15) is 51.7 Å². The van der Waals surface area contributed by atoms with Gasteiger partial charge in [-0.05, 0) is 87.1 Å². The Hall–Kier alpha value is -1.12. The molecule has 0 aliphatic heterocycles. The molecule has 0 nitrogen and oxygen atoms in total. The monoisotopic (exact) mass is 458 g/mol. The standard InChI is InChI=1S/C23H24Br2/c1-15(2)9-11-23(12-10-16(3)4)21-13-17(24)5-7-19(21)20-8-6-18(25)14-22(20)23/h5-10,13-14H,11-12H2,1-4H3. The highest BCUT2D eigenvalue weighted by Gasteiger charge is 2.41. The van der Waals surface area contributed by atoms with Crippen LogP contribution in [-0.2, 0) is 5.41 Å². The number of hydrogen-bond acceptors (Lipinski definition) is 0. The number of halogens is 2. The van der Waals surface area contributed by atoms with E-state index in [0.717, 1.165) is 21.8 Å². The molecular formula is C23H24Br2. The van der Waals surface area contributed by atoms with E-state index >= 15 is 0 Å². The van der Waals surface area contributed by atoms with Crippen LogP contribution in [-0.4, -0.2) is 0 Å². The van der Waals surface area contributed by atoms with Crippen molar-refractivity contribution < 1.29 is 0 Å². The Morgan fingerprint density at radius 2 is 1.16 bits per heavy atom. The molecule has 130 valence electrons. The van der Waals surface area contributed by atoms with E-state index in [1.165, 1.54) is 33.4 Å². The van der Waals surface area contributed by atoms with Crippen molar-refractivity contribution in [2.45, 2.75) is 46.0 Å². The first-order chi connectivity index (χ1) is 11.8. The summed E-state index contributed by atoms with van der Waals surface area (Å²) in [6.07, 6.45) is 6.82. The van der Waals surface area contributed by atoms with Crippen LogP contribution in [0.15, 0.2) is 68.6 Å². The van der Waals surface area contributed by atoms with Gasteiger partial charge in [-0.15, -0.1) is 0 Å². The van der Waals surface area contributed by atoms with E-state index in [2.05, 4.69) is 108 Å². The van der Waals surface area contributed by atoms with Gasteiger partial charge in [0, 0.05) is 14.4 Å². The molecule has 0 radical (unpaired) electrons. The minimum atomic E-state index is -0.00718. The molecule has 1 aliphatic rings. The maximum Gasteiger partial charge on any atom is 0.0284 e. The topological polar surface area (TPSA) is 0 Å². The third-order valence-corrected chi connectivity index (χ3v) is 5.99. The zero-order valence-electron chi connectivity index (χ0n) is 15.3. The molecule has 2 heteroatoms. The molecule has 0 atom stereocenters. The van der Waals surface area contributed by atoms with Gasteiger partial charge in [-0.3, -0.25) is 0 Å². The number of benzene rings is 2. The lowest BCUT2D eigenvalue weighted by Crippen LogP contribution is -2.24. The minimum absolute atomic E-state index is 0.00718. The summed E-state index contributed by atoms with van der Waals surface area (Å²) in [7, 11) is 0. The Balaban J connectivity index is 2.31. The second-order valence-corrected chi connectivity index (χ2v) is 9.26. The molecule has 0 fully saturated rings. The van der Waals surface area contributed by atoms with Gasteiger partial charge < -0.3 is 0 Å². The van der Waals surface area contributed by atoms with Crippen molar-refractivity contribution in [2.24, 2.45) is 0 Å². The van der Waals surface area contributed by atoms with Crippen LogP contribution < -0.4 is 0 Å². The van der Waals surface area contributed by atoms with Crippen molar-refractivity contribution >= 4 is 31.9 Å². The summed E-state index contributed by atoms with van der Waals surface area (Å²) in [5.74, 6) is 0. The molecule has 0 amide bonds. The van der Waals surface area contributed by atoms with Crippen LogP contribution in [0.25, 0.3) is 11.1 Å². The van der Waals surface area contributed by atoms with Crippen LogP contribution in [0.5, 0.6) is 0 Å². The summed E-state index contributed by atoms with van der Waals surface area (Å²) in [5.41, 5.74) is 8.35. The summed E-state index contributed by atoms with van der Waals surface area (Å²) in [4.78, 5) is 0. The second kappa shape index (κ2) is 7.25. The lowest BCUT2D eigenvalue weighted by Gasteiger charge is -2.31. The maximum absolute atomic E-state index is 3.70. The van der Waals surface area contributed by atoms with E-state index in [4.69, 9.17) is 0 Å². The lowest BCUT2D eigenvalue weighted by atomic mass is 9.72. The van der Waals surface area contributed by atoms with Crippen LogP contribution in [0.2, 0.25) is 0 Å². The van der Waals surface area contributed by atoms with E-state index in [-0.39, 0.29) is 5.41 Å². The van der Waals surface area contributed by atoms with Crippen molar-refractivity contribution in [3.8, 4) is 11.1 Å². The number of allylic oxidation sites excluding steroid dienone is 4. The van der Waals surface area contributed by atoms with Crippen LogP contribution in [0.4, 0.5) is 0 Å². The van der Waals surface area contributed by atoms with E-state index < -0.39 is 0 Å². The summed E-state index contributed by atoms with van der Waals surface area (Å²) >= 11 is 7.39. The zero-order valence-corrected chi connectivity index (χ0v) is 18.5. The normalized spacial score (nSPS) is 13.8. The predicted molar refractivity (Wildman–Crippen MR) is 116 cm³/mol. The Morgan fingerprint density at radius 3 is 1.52 bits per heavy atom. The van der Waals surface area contributed by atoms with Crippen molar-refractivity contribution in [3.05, 3.63) is 79.8 Å². The zero-order chi connectivity index (χ0) is 18.2. The molecular weight excluding hydrogens is 436 g/mol. The van der Waals surface area contributed by atoms with E-state index in [1.807, 2.05) is 0 Å². The first kappa shape index (κ1) is 18.7. The van der Waals surface area contributed by atoms with Crippen LogP contribution in [0.3, 0.4) is 0 Å². The van der Waals surface area contributed by atoms with Gasteiger partial charge in [0.2, 0.25) is 0 Å². The van der Waals surface area contributed by atoms with Gasteiger partial charge in [0.1, 0.15) is 0 Å². The maximum atomic E-state index is 3.70. The quantitative estimate of drug-likeness (QED) is 0.404. The average molecular weight is 460 g/mol. The van der Waals surface area contributed by atoms with Crippen molar-refractivity contribution in [1.82, 2.24) is 0 Å². The van der Waals surface area contributed by atoms with Gasteiger partial charge in [0.05, 0.1) is 0 Å². The minimum Gasteiger partial charge on any atom is -0.0847 e. The van der Waals surface area contributed by atoms with E-state index in [9.17, 15) is 0 Å². The molecule has 3 rings (SSSR count). The molecule has 0 saturated heterocycles. The molecule has 0 heterocycles. The second-order valence-electron chi connectivity index (χ2n) is 7.43. The van der Waals surface area contributed by atoms with Gasteiger partial charge in [-0.1, -0.05) is 67.3 Å². The van der Waals surface area contributed by atoms with Crippen molar-refractivity contribution in [1.29, 1.82) is 0 Å². The Bertz CT molecular complexity index is 790. The van der Waals surface area contributed by atoms with Gasteiger partial charge in [0.25, 0.3) is 0 Å². The van der Waals surface area contributed by atoms with Crippen LogP contribution >= 0.6 is 31.9 Å². The Morgan fingerprint density at radius 1 is 0.760 bits per heavy atom. The molecule has 25 heavy (non-hydrogen) atoms. The van der Waals surface area contributed by atoms with Gasteiger partial charge in [-0.25, -0.2) is 0 Å². The molecule has 0 N–H and O–H groups in total. The first-order valence-electron chi connectivity index (χ1n) is 8.70. The molecule has 0 bridgehead atoms. The largest absolute Gasteiger partial charge is 0.0847 e. The third-order valence-electron chi connectivity index (χ3n) is 5.00. The fraction of sp³-hybridized carbons (Fsp3) is 0.304. The highest BCUT2D eigenvalue weighted by atomic mass is 79.9. The molecule has 1 aliphatic carbocycles. The SMILES string of the molecule is CC(C)=CCC1(CC=C(C)C)c2cc(Br)ccc2-c2ccc(Br)cc21. The Kier molecular flexibility index (Phi) is 5.41. The smallest absolute Gasteiger partial charge is 0.0284 e.